The molecule has 1 aliphatic rings. The molecule has 24 heavy (non-hydrogen) atoms. The highest BCUT2D eigenvalue weighted by molar-refractivity contribution is 6.32. The molecule has 0 bridgehead atoms. The smallest absolute Gasteiger partial charge is 0.416 e. The first-order chi connectivity index (χ1) is 11.3. The van der Waals surface area contributed by atoms with Gasteiger partial charge in [-0.25, -0.2) is 0 Å². The van der Waals surface area contributed by atoms with E-state index in [-0.39, 0.29) is 27.7 Å². The Labute approximate surface area is 139 Å². The third-order valence-corrected chi connectivity index (χ3v) is 3.74. The number of carbonyl (C=O) groups is 1. The molecule has 0 N–H and O–H groups in total. The fourth-order valence-electron chi connectivity index (χ4n) is 2.22. The van der Waals surface area contributed by atoms with Crippen molar-refractivity contribution in [2.45, 2.75) is 6.18 Å². The van der Waals surface area contributed by atoms with Gasteiger partial charge in [0.05, 0.1) is 22.8 Å². The van der Waals surface area contributed by atoms with Crippen molar-refractivity contribution in [3.63, 3.8) is 0 Å². The highest BCUT2D eigenvalue weighted by Gasteiger charge is 2.31. The molecule has 0 amide bonds. The predicted molar refractivity (Wildman–Crippen MR) is 80.5 cm³/mol. The average Bonchev–Trinajstić information content (AvgIpc) is 2.84. The monoisotopic (exact) mass is 349 g/mol. The molecular weight excluding hydrogens is 343 g/mol. The molecule has 2 aromatic rings. The van der Waals surface area contributed by atoms with Crippen LogP contribution in [0.5, 0.6) is 5.75 Å². The molecule has 0 fully saturated rings. The maximum absolute atomic E-state index is 12.6. The van der Waals surface area contributed by atoms with E-state index in [0.717, 1.165) is 12.1 Å². The summed E-state index contributed by atoms with van der Waals surface area (Å²) in [5.74, 6) is -0.263. The number of fused-ring (bicyclic) bond motifs is 1. The van der Waals surface area contributed by atoms with Crippen LogP contribution in [0, 0.1) is 11.3 Å². The standard InChI is InChI=1S/C17H7ClF3NO2/c18-13-7-11(17(19,20)21)3-2-10(13)6-15-16(23)12-4-1-9(8-22)5-14(12)24-15/h1-7H/b15-6-. The molecule has 0 spiro atoms. The number of carbonyl (C=O) groups excluding carboxylic acids is 1. The Balaban J connectivity index is 1.96. The zero-order valence-corrected chi connectivity index (χ0v) is 12.6. The normalized spacial score (nSPS) is 15.1. The van der Waals surface area contributed by atoms with Gasteiger partial charge < -0.3 is 4.74 Å². The Kier molecular flexibility index (Phi) is 3.82. The van der Waals surface area contributed by atoms with Crippen molar-refractivity contribution in [1.29, 1.82) is 5.26 Å². The van der Waals surface area contributed by atoms with Crippen LogP contribution < -0.4 is 4.74 Å². The molecule has 1 aliphatic heterocycles. The molecule has 0 radical (unpaired) electrons. The molecule has 3 nitrogen and oxygen atoms in total. The lowest BCUT2D eigenvalue weighted by Gasteiger charge is -2.08. The van der Waals surface area contributed by atoms with Crippen LogP contribution in [0.1, 0.15) is 27.0 Å². The number of halogens is 4. The largest absolute Gasteiger partial charge is 0.452 e. The molecule has 0 saturated carbocycles. The summed E-state index contributed by atoms with van der Waals surface area (Å²) in [6.07, 6.45) is -3.23. The summed E-state index contributed by atoms with van der Waals surface area (Å²) in [4.78, 5) is 12.2. The van der Waals surface area contributed by atoms with Crippen LogP contribution in [-0.2, 0) is 6.18 Å². The number of benzene rings is 2. The fourth-order valence-corrected chi connectivity index (χ4v) is 2.45. The molecule has 0 unspecified atom stereocenters. The van der Waals surface area contributed by atoms with Gasteiger partial charge in [-0.05, 0) is 42.0 Å². The van der Waals surface area contributed by atoms with Crippen LogP contribution in [0.2, 0.25) is 5.02 Å². The molecule has 2 aromatic carbocycles. The first-order valence-corrected chi connectivity index (χ1v) is 7.02. The summed E-state index contributed by atoms with van der Waals surface area (Å²) in [6.45, 7) is 0. The summed E-state index contributed by atoms with van der Waals surface area (Å²) in [5.41, 5.74) is -0.0461. The van der Waals surface area contributed by atoms with E-state index >= 15 is 0 Å². The number of nitriles is 1. The fraction of sp³-hybridized carbons (Fsp3) is 0.0588. The van der Waals surface area contributed by atoms with E-state index in [1.807, 2.05) is 6.07 Å². The third kappa shape index (κ3) is 2.86. The van der Waals surface area contributed by atoms with Crippen molar-refractivity contribution >= 4 is 23.5 Å². The Morgan fingerprint density at radius 3 is 2.54 bits per heavy atom. The summed E-state index contributed by atoms with van der Waals surface area (Å²) in [5, 5.41) is 8.70. The zero-order valence-electron chi connectivity index (χ0n) is 11.8. The van der Waals surface area contributed by atoms with Gasteiger partial charge in [-0.1, -0.05) is 17.7 Å². The lowest BCUT2D eigenvalue weighted by molar-refractivity contribution is -0.137. The SMILES string of the molecule is N#Cc1ccc2c(c1)O/C(=C\c1ccc(C(F)(F)F)cc1Cl)C2=O. The molecule has 0 atom stereocenters. The van der Waals surface area contributed by atoms with Crippen LogP contribution in [0.3, 0.4) is 0 Å². The molecule has 0 aliphatic carbocycles. The lowest BCUT2D eigenvalue weighted by atomic mass is 10.1. The summed E-state index contributed by atoms with van der Waals surface area (Å²) in [6, 6.07) is 9.11. The minimum atomic E-state index is -4.50. The van der Waals surface area contributed by atoms with Crippen LogP contribution in [0.15, 0.2) is 42.2 Å². The topological polar surface area (TPSA) is 50.1 Å². The number of ether oxygens (including phenoxy) is 1. The van der Waals surface area contributed by atoms with Crippen LogP contribution in [0.25, 0.3) is 6.08 Å². The van der Waals surface area contributed by atoms with Crippen molar-refractivity contribution in [2.24, 2.45) is 0 Å². The molecule has 1 heterocycles. The van der Waals surface area contributed by atoms with E-state index in [4.69, 9.17) is 21.6 Å². The number of ketones is 1. The van der Waals surface area contributed by atoms with Gasteiger partial charge in [0.15, 0.2) is 5.76 Å². The van der Waals surface area contributed by atoms with E-state index in [1.165, 1.54) is 30.3 Å². The van der Waals surface area contributed by atoms with Crippen LogP contribution in [0.4, 0.5) is 13.2 Å². The van der Waals surface area contributed by atoms with Crippen LogP contribution in [-0.4, -0.2) is 5.78 Å². The highest BCUT2D eigenvalue weighted by atomic mass is 35.5. The minimum absolute atomic E-state index is 0.0678. The van der Waals surface area contributed by atoms with Crippen molar-refractivity contribution in [1.82, 2.24) is 0 Å². The van der Waals surface area contributed by atoms with E-state index in [9.17, 15) is 18.0 Å². The molecule has 7 heteroatoms. The molecule has 3 rings (SSSR count). The molecular formula is C17H7ClF3NO2. The number of Topliss-reactive ketones (excluding diaryl/α,β-unsaturated/α-hetero) is 1. The van der Waals surface area contributed by atoms with Gasteiger partial charge >= 0.3 is 6.18 Å². The maximum Gasteiger partial charge on any atom is 0.416 e. The quantitative estimate of drug-likeness (QED) is 0.692. The van der Waals surface area contributed by atoms with E-state index in [2.05, 4.69) is 0 Å². The van der Waals surface area contributed by atoms with E-state index < -0.39 is 17.5 Å². The predicted octanol–water partition coefficient (Wildman–Crippen LogP) is 4.85. The summed E-state index contributed by atoms with van der Waals surface area (Å²) >= 11 is 5.87. The number of nitrogens with zero attached hydrogens (tertiary/aromatic N) is 1. The summed E-state index contributed by atoms with van der Waals surface area (Å²) < 4.78 is 43.3. The number of hydrogen-bond donors (Lipinski definition) is 0. The molecule has 120 valence electrons. The second-order valence-corrected chi connectivity index (χ2v) is 5.40. The second kappa shape index (κ2) is 5.69. The zero-order chi connectivity index (χ0) is 17.5. The van der Waals surface area contributed by atoms with Gasteiger partial charge in [-0.15, -0.1) is 0 Å². The maximum atomic E-state index is 12.6. The Morgan fingerprint density at radius 1 is 1.17 bits per heavy atom. The number of rotatable bonds is 1. The van der Waals surface area contributed by atoms with Gasteiger partial charge in [-0.3, -0.25) is 4.79 Å². The van der Waals surface area contributed by atoms with Crippen molar-refractivity contribution in [3.8, 4) is 11.8 Å². The second-order valence-electron chi connectivity index (χ2n) is 5.00. The van der Waals surface area contributed by atoms with Gasteiger partial charge in [0.1, 0.15) is 5.75 Å². The highest BCUT2D eigenvalue weighted by Crippen LogP contribution is 2.35. The van der Waals surface area contributed by atoms with Crippen molar-refractivity contribution in [3.05, 3.63) is 69.4 Å². The first kappa shape index (κ1) is 16.1. The molecule has 0 saturated heterocycles. The van der Waals surface area contributed by atoms with Gasteiger partial charge in [0.25, 0.3) is 0 Å². The number of allylic oxidation sites excluding steroid dienone is 1. The van der Waals surface area contributed by atoms with Crippen LogP contribution >= 0.6 is 11.6 Å². The Bertz CT molecular complexity index is 926. The Hall–Kier alpha value is -2.78. The van der Waals surface area contributed by atoms with Crippen molar-refractivity contribution < 1.29 is 22.7 Å². The van der Waals surface area contributed by atoms with E-state index in [1.54, 1.807) is 0 Å². The van der Waals surface area contributed by atoms with Gasteiger partial charge in [0, 0.05) is 5.02 Å². The van der Waals surface area contributed by atoms with E-state index in [0.29, 0.717) is 5.56 Å². The molecule has 0 aromatic heterocycles. The van der Waals surface area contributed by atoms with Crippen molar-refractivity contribution in [2.75, 3.05) is 0 Å². The van der Waals surface area contributed by atoms with Gasteiger partial charge in [0.2, 0.25) is 5.78 Å². The van der Waals surface area contributed by atoms with Gasteiger partial charge in [-0.2, -0.15) is 18.4 Å². The summed E-state index contributed by atoms with van der Waals surface area (Å²) in [7, 11) is 0. The lowest BCUT2D eigenvalue weighted by Crippen LogP contribution is -2.05. The first-order valence-electron chi connectivity index (χ1n) is 6.65. The number of hydrogen-bond acceptors (Lipinski definition) is 3. The minimum Gasteiger partial charge on any atom is -0.452 e. The third-order valence-electron chi connectivity index (χ3n) is 3.41. The Morgan fingerprint density at radius 2 is 1.92 bits per heavy atom. The average molecular weight is 350 g/mol. The number of alkyl halides is 3.